The van der Waals surface area contributed by atoms with Gasteiger partial charge in [-0.3, -0.25) is 0 Å². The van der Waals surface area contributed by atoms with Crippen molar-refractivity contribution in [3.8, 4) is 11.8 Å². The van der Waals surface area contributed by atoms with E-state index in [1.165, 1.54) is 18.2 Å². The first-order chi connectivity index (χ1) is 8.89. The average Bonchev–Trinajstić information content (AvgIpc) is 2.39. The Morgan fingerprint density at radius 3 is 2.79 bits per heavy atom. The third kappa shape index (κ3) is 4.25. The van der Waals surface area contributed by atoms with Crippen molar-refractivity contribution in [1.82, 2.24) is 0 Å². The number of oxime groups is 1. The lowest BCUT2D eigenvalue weighted by molar-refractivity contribution is 0.263. The highest BCUT2D eigenvalue weighted by Crippen LogP contribution is 2.23. The monoisotopic (exact) mass is 264 g/mol. The van der Waals surface area contributed by atoms with Gasteiger partial charge in [-0.05, 0) is 45.4 Å². The molecule has 0 fully saturated rings. The normalized spacial score (nSPS) is 12.1. The molecule has 1 aromatic carbocycles. The van der Waals surface area contributed by atoms with Crippen LogP contribution in [0.15, 0.2) is 23.4 Å². The molecule has 0 saturated heterocycles. The second-order valence-electron chi connectivity index (χ2n) is 4.92. The molecule has 0 saturated carbocycles. The predicted octanol–water partition coefficient (Wildman–Crippen LogP) is 3.34. The fraction of sp³-hybridized carbons (Fsp3) is 0.429. The number of benzene rings is 1. The van der Waals surface area contributed by atoms with Crippen LogP contribution in [-0.4, -0.2) is 17.5 Å². The molecule has 0 aliphatic heterocycles. The summed E-state index contributed by atoms with van der Waals surface area (Å²) in [6.07, 6.45) is 0.551. The second kappa shape index (κ2) is 6.19. The highest BCUT2D eigenvalue weighted by atomic mass is 19.1. The maximum absolute atomic E-state index is 13.2. The van der Waals surface area contributed by atoms with Gasteiger partial charge in [-0.1, -0.05) is 5.16 Å². The van der Waals surface area contributed by atoms with E-state index in [1.807, 2.05) is 13.8 Å². The lowest BCUT2D eigenvalue weighted by Gasteiger charge is -2.16. The Hall–Kier alpha value is -2.09. The molecule has 19 heavy (non-hydrogen) atoms. The van der Waals surface area contributed by atoms with Gasteiger partial charge in [0.05, 0.1) is 23.8 Å². The molecule has 0 amide bonds. The number of hydrogen-bond donors (Lipinski definition) is 1. The standard InChI is InChI=1S/C14H17FN2O2/c1-10(17-18)12-8-11(15)4-5-13(12)19-7-6-14(2,3)9-16/h4-5,8,18H,6-7H2,1-3H3. The summed E-state index contributed by atoms with van der Waals surface area (Å²) in [7, 11) is 0. The van der Waals surface area contributed by atoms with Crippen LogP contribution in [0.1, 0.15) is 32.8 Å². The minimum Gasteiger partial charge on any atom is -0.493 e. The molecule has 0 spiro atoms. The van der Waals surface area contributed by atoms with Gasteiger partial charge in [-0.25, -0.2) is 4.39 Å². The largest absolute Gasteiger partial charge is 0.493 e. The lowest BCUT2D eigenvalue weighted by atomic mass is 9.92. The van der Waals surface area contributed by atoms with E-state index < -0.39 is 11.2 Å². The van der Waals surface area contributed by atoms with E-state index in [1.54, 1.807) is 6.92 Å². The van der Waals surface area contributed by atoms with Gasteiger partial charge in [-0.2, -0.15) is 5.26 Å². The van der Waals surface area contributed by atoms with Crippen molar-refractivity contribution >= 4 is 5.71 Å². The highest BCUT2D eigenvalue weighted by molar-refractivity contribution is 6.00. The van der Waals surface area contributed by atoms with E-state index in [-0.39, 0.29) is 5.71 Å². The van der Waals surface area contributed by atoms with Crippen LogP contribution in [0.25, 0.3) is 0 Å². The first-order valence-corrected chi connectivity index (χ1v) is 5.92. The van der Waals surface area contributed by atoms with Crippen LogP contribution in [0, 0.1) is 22.6 Å². The highest BCUT2D eigenvalue weighted by Gasteiger charge is 2.17. The van der Waals surface area contributed by atoms with Crippen molar-refractivity contribution < 1.29 is 14.3 Å². The van der Waals surface area contributed by atoms with Crippen LogP contribution >= 0.6 is 0 Å². The SMILES string of the molecule is CC(=NO)c1cc(F)ccc1OCCC(C)(C)C#N. The first kappa shape index (κ1) is 15.0. The van der Waals surface area contributed by atoms with Gasteiger partial charge in [0.25, 0.3) is 0 Å². The summed E-state index contributed by atoms with van der Waals surface area (Å²) >= 11 is 0. The summed E-state index contributed by atoms with van der Waals surface area (Å²) in [5.41, 5.74) is 0.201. The number of nitrogens with zero attached hydrogens (tertiary/aromatic N) is 2. The average molecular weight is 264 g/mol. The Morgan fingerprint density at radius 2 is 2.21 bits per heavy atom. The summed E-state index contributed by atoms with van der Waals surface area (Å²) < 4.78 is 18.7. The van der Waals surface area contributed by atoms with Crippen LogP contribution in [0.2, 0.25) is 0 Å². The molecule has 0 bridgehead atoms. The van der Waals surface area contributed by atoms with Crippen molar-refractivity contribution in [2.45, 2.75) is 27.2 Å². The van der Waals surface area contributed by atoms with E-state index in [0.29, 0.717) is 24.3 Å². The van der Waals surface area contributed by atoms with Gasteiger partial charge < -0.3 is 9.94 Å². The van der Waals surface area contributed by atoms with E-state index in [0.717, 1.165) is 0 Å². The zero-order chi connectivity index (χ0) is 14.5. The molecular weight excluding hydrogens is 247 g/mol. The third-order valence-electron chi connectivity index (χ3n) is 2.77. The van der Waals surface area contributed by atoms with Crippen molar-refractivity contribution in [3.05, 3.63) is 29.6 Å². The van der Waals surface area contributed by atoms with Crippen molar-refractivity contribution in [1.29, 1.82) is 5.26 Å². The fourth-order valence-electron chi connectivity index (χ4n) is 1.44. The molecule has 0 aliphatic carbocycles. The number of rotatable bonds is 5. The van der Waals surface area contributed by atoms with Gasteiger partial charge in [0.2, 0.25) is 0 Å². The zero-order valence-electron chi connectivity index (χ0n) is 11.3. The Labute approximate surface area is 112 Å². The molecular formula is C14H17FN2O2. The lowest BCUT2D eigenvalue weighted by Crippen LogP contribution is -2.14. The first-order valence-electron chi connectivity index (χ1n) is 5.92. The van der Waals surface area contributed by atoms with Gasteiger partial charge in [-0.15, -0.1) is 0 Å². The molecule has 0 radical (unpaired) electrons. The Bertz CT molecular complexity index is 519. The summed E-state index contributed by atoms with van der Waals surface area (Å²) in [5.74, 6) is 0.00754. The van der Waals surface area contributed by atoms with E-state index in [9.17, 15) is 4.39 Å². The molecule has 0 unspecified atom stereocenters. The molecule has 102 valence electrons. The van der Waals surface area contributed by atoms with Gasteiger partial charge in [0.15, 0.2) is 0 Å². The van der Waals surface area contributed by atoms with E-state index in [2.05, 4.69) is 11.2 Å². The summed E-state index contributed by atoms with van der Waals surface area (Å²) in [6.45, 7) is 5.53. The maximum atomic E-state index is 13.2. The van der Waals surface area contributed by atoms with Crippen LogP contribution in [0.5, 0.6) is 5.75 Å². The van der Waals surface area contributed by atoms with Gasteiger partial charge in [0, 0.05) is 5.56 Å². The second-order valence-corrected chi connectivity index (χ2v) is 4.92. The maximum Gasteiger partial charge on any atom is 0.128 e. The van der Waals surface area contributed by atoms with Crippen LogP contribution in [0.4, 0.5) is 4.39 Å². The number of ether oxygens (including phenoxy) is 1. The zero-order valence-corrected chi connectivity index (χ0v) is 11.3. The molecule has 4 nitrogen and oxygen atoms in total. The molecule has 1 N–H and O–H groups in total. The molecule has 1 rings (SSSR count). The van der Waals surface area contributed by atoms with Gasteiger partial charge >= 0.3 is 0 Å². The Kier molecular flexibility index (Phi) is 4.87. The van der Waals surface area contributed by atoms with E-state index in [4.69, 9.17) is 15.2 Å². The van der Waals surface area contributed by atoms with Crippen molar-refractivity contribution in [2.75, 3.05) is 6.61 Å². The summed E-state index contributed by atoms with van der Waals surface area (Å²) in [5, 5.41) is 20.7. The number of hydrogen-bond acceptors (Lipinski definition) is 4. The topological polar surface area (TPSA) is 65.6 Å². The fourth-order valence-corrected chi connectivity index (χ4v) is 1.44. The molecule has 0 heterocycles. The predicted molar refractivity (Wildman–Crippen MR) is 69.9 cm³/mol. The molecule has 0 aliphatic rings. The number of nitriles is 1. The number of halogens is 1. The van der Waals surface area contributed by atoms with Crippen LogP contribution in [0.3, 0.4) is 0 Å². The third-order valence-corrected chi connectivity index (χ3v) is 2.77. The van der Waals surface area contributed by atoms with Crippen LogP contribution < -0.4 is 4.74 Å². The molecule has 0 aromatic heterocycles. The summed E-state index contributed by atoms with van der Waals surface area (Å²) in [4.78, 5) is 0. The molecule has 5 heteroatoms. The Balaban J connectivity index is 2.82. The van der Waals surface area contributed by atoms with Crippen LogP contribution in [-0.2, 0) is 0 Å². The van der Waals surface area contributed by atoms with Gasteiger partial charge in [0.1, 0.15) is 11.6 Å². The van der Waals surface area contributed by atoms with Crippen molar-refractivity contribution in [3.63, 3.8) is 0 Å². The van der Waals surface area contributed by atoms with E-state index >= 15 is 0 Å². The van der Waals surface area contributed by atoms with Crippen molar-refractivity contribution in [2.24, 2.45) is 10.6 Å². The summed E-state index contributed by atoms with van der Waals surface area (Å²) in [6, 6.07) is 6.19. The molecule has 0 atom stereocenters. The minimum atomic E-state index is -0.472. The minimum absolute atomic E-state index is 0.272. The Morgan fingerprint density at radius 1 is 1.53 bits per heavy atom. The molecule has 1 aromatic rings. The quantitative estimate of drug-likeness (QED) is 0.504. The smallest absolute Gasteiger partial charge is 0.128 e.